The lowest BCUT2D eigenvalue weighted by molar-refractivity contribution is 0.0918. The summed E-state index contributed by atoms with van der Waals surface area (Å²) in [5, 5.41) is 13.1. The zero-order valence-corrected chi connectivity index (χ0v) is 12.9. The van der Waals surface area contributed by atoms with Crippen LogP contribution in [-0.4, -0.2) is 28.6 Å². The van der Waals surface area contributed by atoms with Crippen LogP contribution in [0.2, 0.25) is 5.15 Å². The SMILES string of the molecule is CC(C)C(CCO)NC(=O)c1cc(Cl)nc2ccccc12. The number of carbonyl (C=O) groups is 1. The molecule has 1 amide bonds. The summed E-state index contributed by atoms with van der Waals surface area (Å²) >= 11 is 6.00. The first-order valence-corrected chi connectivity index (χ1v) is 7.37. The molecular weight excluding hydrogens is 288 g/mol. The van der Waals surface area contributed by atoms with Crippen molar-refractivity contribution < 1.29 is 9.90 Å². The highest BCUT2D eigenvalue weighted by atomic mass is 35.5. The van der Waals surface area contributed by atoms with Crippen LogP contribution in [0.4, 0.5) is 0 Å². The summed E-state index contributed by atoms with van der Waals surface area (Å²) in [6.45, 7) is 4.07. The van der Waals surface area contributed by atoms with E-state index < -0.39 is 0 Å². The van der Waals surface area contributed by atoms with Crippen LogP contribution in [0.15, 0.2) is 30.3 Å². The number of para-hydroxylation sites is 1. The lowest BCUT2D eigenvalue weighted by Gasteiger charge is -2.22. The number of nitrogens with zero attached hydrogens (tertiary/aromatic N) is 1. The van der Waals surface area contributed by atoms with E-state index in [0.717, 1.165) is 5.39 Å². The molecular formula is C16H19ClN2O2. The number of nitrogens with one attached hydrogen (secondary N) is 1. The van der Waals surface area contributed by atoms with Crippen molar-refractivity contribution in [3.05, 3.63) is 41.0 Å². The molecule has 0 radical (unpaired) electrons. The number of carbonyl (C=O) groups excluding carboxylic acids is 1. The molecule has 2 aromatic rings. The van der Waals surface area contributed by atoms with E-state index in [0.29, 0.717) is 22.7 Å². The largest absolute Gasteiger partial charge is 0.396 e. The first kappa shape index (κ1) is 15.7. The smallest absolute Gasteiger partial charge is 0.252 e. The van der Waals surface area contributed by atoms with E-state index in [1.54, 1.807) is 6.07 Å². The number of rotatable bonds is 5. The summed E-state index contributed by atoms with van der Waals surface area (Å²) in [4.78, 5) is 16.7. The van der Waals surface area contributed by atoms with Gasteiger partial charge < -0.3 is 10.4 Å². The number of amides is 1. The Labute approximate surface area is 129 Å². The van der Waals surface area contributed by atoms with E-state index in [4.69, 9.17) is 16.7 Å². The summed E-state index contributed by atoms with van der Waals surface area (Å²) in [6, 6.07) is 8.90. The third kappa shape index (κ3) is 3.71. The molecule has 2 rings (SSSR count). The van der Waals surface area contributed by atoms with Gasteiger partial charge in [0.15, 0.2) is 0 Å². The van der Waals surface area contributed by atoms with Crippen LogP contribution >= 0.6 is 11.6 Å². The third-order valence-corrected chi connectivity index (χ3v) is 3.68. The molecule has 1 unspecified atom stereocenters. The molecule has 1 atom stereocenters. The van der Waals surface area contributed by atoms with Gasteiger partial charge in [0.1, 0.15) is 5.15 Å². The molecule has 0 saturated carbocycles. The third-order valence-electron chi connectivity index (χ3n) is 3.49. The highest BCUT2D eigenvalue weighted by molar-refractivity contribution is 6.30. The van der Waals surface area contributed by atoms with Crippen LogP contribution in [0.5, 0.6) is 0 Å². The number of aliphatic hydroxyl groups is 1. The molecule has 1 aromatic carbocycles. The van der Waals surface area contributed by atoms with E-state index in [1.807, 2.05) is 38.1 Å². The van der Waals surface area contributed by atoms with Crippen LogP contribution < -0.4 is 5.32 Å². The van der Waals surface area contributed by atoms with E-state index in [9.17, 15) is 4.79 Å². The van der Waals surface area contributed by atoms with Crippen molar-refractivity contribution in [2.75, 3.05) is 6.61 Å². The minimum absolute atomic E-state index is 0.0426. The maximum atomic E-state index is 12.5. The van der Waals surface area contributed by atoms with Gasteiger partial charge in [0.05, 0.1) is 11.1 Å². The Morgan fingerprint density at radius 2 is 2.10 bits per heavy atom. The zero-order chi connectivity index (χ0) is 15.4. The summed E-state index contributed by atoms with van der Waals surface area (Å²) in [7, 11) is 0. The van der Waals surface area contributed by atoms with Crippen molar-refractivity contribution in [2.24, 2.45) is 5.92 Å². The topological polar surface area (TPSA) is 62.2 Å². The molecule has 0 bridgehead atoms. The molecule has 2 N–H and O–H groups in total. The Kier molecular flexibility index (Phi) is 5.15. The molecule has 1 heterocycles. The Morgan fingerprint density at radius 3 is 2.76 bits per heavy atom. The Balaban J connectivity index is 2.34. The molecule has 4 nitrogen and oxygen atoms in total. The quantitative estimate of drug-likeness (QED) is 0.835. The second kappa shape index (κ2) is 6.87. The molecule has 5 heteroatoms. The molecule has 0 aliphatic carbocycles. The van der Waals surface area contributed by atoms with Gasteiger partial charge in [-0.2, -0.15) is 0 Å². The van der Waals surface area contributed by atoms with Crippen LogP contribution in [0.25, 0.3) is 10.9 Å². The number of halogens is 1. The van der Waals surface area contributed by atoms with E-state index in [2.05, 4.69) is 10.3 Å². The van der Waals surface area contributed by atoms with Crippen molar-refractivity contribution in [3.8, 4) is 0 Å². The lowest BCUT2D eigenvalue weighted by Crippen LogP contribution is -2.39. The first-order chi connectivity index (χ1) is 10.0. The summed E-state index contributed by atoms with van der Waals surface area (Å²) < 4.78 is 0. The molecule has 0 aliphatic heterocycles. The molecule has 0 saturated heterocycles. The number of hydrogen-bond donors (Lipinski definition) is 2. The van der Waals surface area contributed by atoms with E-state index in [1.165, 1.54) is 0 Å². The Hall–Kier alpha value is -1.65. The Morgan fingerprint density at radius 1 is 1.38 bits per heavy atom. The highest BCUT2D eigenvalue weighted by Gasteiger charge is 2.19. The molecule has 1 aromatic heterocycles. The molecule has 0 fully saturated rings. The first-order valence-electron chi connectivity index (χ1n) is 7.00. The number of aromatic nitrogens is 1. The average Bonchev–Trinajstić information content (AvgIpc) is 2.45. The second-order valence-electron chi connectivity index (χ2n) is 5.35. The number of aliphatic hydroxyl groups excluding tert-OH is 1. The molecule has 112 valence electrons. The van der Waals surface area contributed by atoms with Crippen molar-refractivity contribution in [1.29, 1.82) is 0 Å². The molecule has 0 spiro atoms. The highest BCUT2D eigenvalue weighted by Crippen LogP contribution is 2.21. The summed E-state index contributed by atoms with van der Waals surface area (Å²) in [6.07, 6.45) is 0.528. The van der Waals surface area contributed by atoms with E-state index >= 15 is 0 Å². The van der Waals surface area contributed by atoms with Crippen LogP contribution in [-0.2, 0) is 0 Å². The second-order valence-corrected chi connectivity index (χ2v) is 5.73. The van der Waals surface area contributed by atoms with Crippen molar-refractivity contribution in [1.82, 2.24) is 10.3 Å². The van der Waals surface area contributed by atoms with Crippen molar-refractivity contribution >= 4 is 28.4 Å². The number of benzene rings is 1. The van der Waals surface area contributed by atoms with Gasteiger partial charge in [0, 0.05) is 18.0 Å². The van der Waals surface area contributed by atoms with Crippen molar-refractivity contribution in [3.63, 3.8) is 0 Å². The fourth-order valence-electron chi connectivity index (χ4n) is 2.29. The van der Waals surface area contributed by atoms with Gasteiger partial charge in [0.25, 0.3) is 5.91 Å². The van der Waals surface area contributed by atoms with Gasteiger partial charge >= 0.3 is 0 Å². The Bertz CT molecular complexity index is 643. The van der Waals surface area contributed by atoms with Crippen LogP contribution in [0.1, 0.15) is 30.6 Å². The maximum Gasteiger partial charge on any atom is 0.252 e. The minimum Gasteiger partial charge on any atom is -0.396 e. The van der Waals surface area contributed by atoms with Gasteiger partial charge in [-0.15, -0.1) is 0 Å². The fourth-order valence-corrected chi connectivity index (χ4v) is 2.49. The average molecular weight is 307 g/mol. The van der Waals surface area contributed by atoms with Gasteiger partial charge in [-0.05, 0) is 24.5 Å². The van der Waals surface area contributed by atoms with Crippen LogP contribution in [0, 0.1) is 5.92 Å². The molecule has 21 heavy (non-hydrogen) atoms. The maximum absolute atomic E-state index is 12.5. The number of fused-ring (bicyclic) bond motifs is 1. The summed E-state index contributed by atoms with van der Waals surface area (Å²) in [5.74, 6) is 0.0484. The zero-order valence-electron chi connectivity index (χ0n) is 12.1. The predicted molar refractivity (Wildman–Crippen MR) is 84.5 cm³/mol. The number of pyridine rings is 1. The minimum atomic E-state index is -0.192. The monoisotopic (exact) mass is 306 g/mol. The molecule has 0 aliphatic rings. The normalized spacial score (nSPS) is 12.6. The van der Waals surface area contributed by atoms with Gasteiger partial charge in [-0.1, -0.05) is 43.6 Å². The number of hydrogen-bond acceptors (Lipinski definition) is 3. The fraction of sp³-hybridized carbons (Fsp3) is 0.375. The summed E-state index contributed by atoms with van der Waals surface area (Å²) in [5.41, 5.74) is 1.20. The lowest BCUT2D eigenvalue weighted by atomic mass is 10.0. The predicted octanol–water partition coefficient (Wildman–Crippen LogP) is 3.03. The standard InChI is InChI=1S/C16H19ClN2O2/c1-10(2)13(7-8-20)19-16(21)12-9-15(17)18-14-6-4-3-5-11(12)14/h3-6,9-10,13,20H,7-8H2,1-2H3,(H,19,21). The van der Waals surface area contributed by atoms with E-state index in [-0.39, 0.29) is 24.5 Å². The van der Waals surface area contributed by atoms with Gasteiger partial charge in [-0.25, -0.2) is 4.98 Å². The van der Waals surface area contributed by atoms with Crippen LogP contribution in [0.3, 0.4) is 0 Å². The van der Waals surface area contributed by atoms with Crippen molar-refractivity contribution in [2.45, 2.75) is 26.3 Å². The van der Waals surface area contributed by atoms with Gasteiger partial charge in [0.2, 0.25) is 0 Å². The van der Waals surface area contributed by atoms with Gasteiger partial charge in [-0.3, -0.25) is 4.79 Å².